The van der Waals surface area contributed by atoms with E-state index in [2.05, 4.69) is 20.6 Å². The van der Waals surface area contributed by atoms with Gasteiger partial charge in [0.15, 0.2) is 0 Å². The molecule has 0 aliphatic carbocycles. The molecule has 0 aliphatic heterocycles. The van der Waals surface area contributed by atoms with E-state index in [-0.39, 0.29) is 23.3 Å². The second kappa shape index (κ2) is 10.9. The van der Waals surface area contributed by atoms with E-state index in [9.17, 15) is 29.8 Å². The third-order valence-corrected chi connectivity index (χ3v) is 4.51. The Hall–Kier alpha value is -3.88. The number of carbonyl (C=O) groups excluding carboxylic acids is 2. The number of nitro groups is 2. The van der Waals surface area contributed by atoms with Crippen LogP contribution in [0.2, 0.25) is 0 Å². The largest absolute Gasteiger partial charge is 0.382 e. The lowest BCUT2D eigenvalue weighted by atomic mass is 10.3. The SMILES string of the molecule is CN(CCCNC(=O)c1nc([N+](=O)[O-])cn1C)CCCNC(=O)c1nc([N+](=O)[O-])cn1C. The van der Waals surface area contributed by atoms with Gasteiger partial charge in [0.25, 0.3) is 0 Å². The summed E-state index contributed by atoms with van der Waals surface area (Å²) < 4.78 is 2.61. The van der Waals surface area contributed by atoms with Crippen molar-refractivity contribution >= 4 is 23.5 Å². The van der Waals surface area contributed by atoms with E-state index in [4.69, 9.17) is 0 Å². The van der Waals surface area contributed by atoms with Crippen molar-refractivity contribution in [2.45, 2.75) is 12.8 Å². The number of rotatable bonds is 12. The van der Waals surface area contributed by atoms with Crippen molar-refractivity contribution in [3.8, 4) is 0 Å². The summed E-state index contributed by atoms with van der Waals surface area (Å²) in [7, 11) is 4.92. The van der Waals surface area contributed by atoms with Crippen LogP contribution in [-0.4, -0.2) is 78.9 Å². The van der Waals surface area contributed by atoms with Crippen LogP contribution in [0.5, 0.6) is 0 Å². The first-order valence-corrected chi connectivity index (χ1v) is 9.70. The molecule has 0 radical (unpaired) electrons. The Balaban J connectivity index is 1.63. The third-order valence-electron chi connectivity index (χ3n) is 4.51. The standard InChI is InChI=1S/C17H25N9O6/c1-22(8-4-6-18-16(27)14-20-12(25(29)30)10-23(14)2)9-5-7-19-17(28)15-21-13(26(31)32)11-24(15)3/h10-11H,4-9H2,1-3H3,(H,18,27)(H,19,28). The zero-order valence-electron chi connectivity index (χ0n) is 18.0. The van der Waals surface area contributed by atoms with E-state index in [1.165, 1.54) is 35.6 Å². The highest BCUT2D eigenvalue weighted by Crippen LogP contribution is 2.10. The molecule has 2 N–H and O–H groups in total. The molecule has 15 nitrogen and oxygen atoms in total. The molecule has 0 fully saturated rings. The van der Waals surface area contributed by atoms with Crippen LogP contribution in [-0.2, 0) is 14.1 Å². The van der Waals surface area contributed by atoms with Crippen LogP contribution in [0.15, 0.2) is 12.4 Å². The maximum absolute atomic E-state index is 12.1. The molecule has 2 aromatic heterocycles. The van der Waals surface area contributed by atoms with Crippen LogP contribution in [0.4, 0.5) is 11.6 Å². The molecular weight excluding hydrogens is 426 g/mol. The van der Waals surface area contributed by atoms with Gasteiger partial charge in [-0.2, -0.15) is 0 Å². The minimum Gasteiger partial charge on any atom is -0.358 e. The van der Waals surface area contributed by atoms with E-state index < -0.39 is 21.7 Å². The summed E-state index contributed by atoms with van der Waals surface area (Å²) in [5, 5.41) is 26.8. The molecular formula is C17H25N9O6. The summed E-state index contributed by atoms with van der Waals surface area (Å²) in [6.45, 7) is 2.11. The number of imidazole rings is 2. The maximum atomic E-state index is 12.1. The second-order valence-corrected chi connectivity index (χ2v) is 7.10. The molecule has 0 atom stereocenters. The zero-order chi connectivity index (χ0) is 23.8. The summed E-state index contributed by atoms with van der Waals surface area (Å²) in [5.41, 5.74) is 0. The van der Waals surface area contributed by atoms with Crippen LogP contribution in [0.25, 0.3) is 0 Å². The van der Waals surface area contributed by atoms with E-state index in [1.807, 2.05) is 11.9 Å². The zero-order valence-corrected chi connectivity index (χ0v) is 18.0. The molecule has 0 bridgehead atoms. The summed E-state index contributed by atoms with van der Waals surface area (Å²) in [4.78, 5) is 53.7. The topological polar surface area (TPSA) is 183 Å². The van der Waals surface area contributed by atoms with Gasteiger partial charge in [-0.1, -0.05) is 0 Å². The molecule has 15 heteroatoms. The molecule has 2 heterocycles. The summed E-state index contributed by atoms with van der Waals surface area (Å²) >= 11 is 0. The number of hydrogen-bond donors (Lipinski definition) is 2. The lowest BCUT2D eigenvalue weighted by Crippen LogP contribution is -2.32. The van der Waals surface area contributed by atoms with Crippen LogP contribution in [0.1, 0.15) is 34.1 Å². The van der Waals surface area contributed by atoms with Gasteiger partial charge in [-0.25, -0.2) is 0 Å². The van der Waals surface area contributed by atoms with E-state index in [0.29, 0.717) is 39.0 Å². The van der Waals surface area contributed by atoms with Crippen LogP contribution < -0.4 is 10.6 Å². The van der Waals surface area contributed by atoms with Gasteiger partial charge in [0, 0.05) is 27.2 Å². The minimum atomic E-state index is -0.658. The highest BCUT2D eigenvalue weighted by molar-refractivity contribution is 5.91. The molecule has 0 aromatic carbocycles. The number of carbonyl (C=O) groups is 2. The monoisotopic (exact) mass is 451 g/mol. The minimum absolute atomic E-state index is 0.0289. The van der Waals surface area contributed by atoms with Gasteiger partial charge in [0.05, 0.1) is 0 Å². The summed E-state index contributed by atoms with van der Waals surface area (Å²) in [6, 6.07) is 0. The smallest absolute Gasteiger partial charge is 0.358 e. The third kappa shape index (κ3) is 6.56. The fraction of sp³-hybridized carbons (Fsp3) is 0.529. The molecule has 0 unspecified atom stereocenters. The van der Waals surface area contributed by atoms with Crippen molar-refractivity contribution in [1.82, 2.24) is 34.6 Å². The van der Waals surface area contributed by atoms with Crippen molar-refractivity contribution in [2.24, 2.45) is 14.1 Å². The first-order valence-electron chi connectivity index (χ1n) is 9.70. The van der Waals surface area contributed by atoms with Gasteiger partial charge in [0.2, 0.25) is 0 Å². The van der Waals surface area contributed by atoms with E-state index in [0.717, 1.165) is 0 Å². The van der Waals surface area contributed by atoms with E-state index in [1.54, 1.807) is 0 Å². The molecule has 0 saturated heterocycles. The molecule has 174 valence electrons. The van der Waals surface area contributed by atoms with Gasteiger partial charge in [-0.3, -0.25) is 9.59 Å². The lowest BCUT2D eigenvalue weighted by Gasteiger charge is -2.16. The number of nitrogens with zero attached hydrogens (tertiary/aromatic N) is 7. The van der Waals surface area contributed by atoms with Gasteiger partial charge >= 0.3 is 35.1 Å². The summed E-state index contributed by atoms with van der Waals surface area (Å²) in [6.07, 6.45) is 3.66. The number of amides is 2. The van der Waals surface area contributed by atoms with Crippen LogP contribution in [0, 0.1) is 20.2 Å². The fourth-order valence-electron chi connectivity index (χ4n) is 2.87. The number of aromatic nitrogens is 4. The van der Waals surface area contributed by atoms with Gasteiger partial charge in [-0.05, 0) is 52.8 Å². The Bertz CT molecular complexity index is 921. The van der Waals surface area contributed by atoms with Gasteiger partial charge < -0.3 is 44.9 Å². The Morgan fingerprint density at radius 1 is 0.906 bits per heavy atom. The lowest BCUT2D eigenvalue weighted by molar-refractivity contribution is -0.389. The molecule has 0 aliphatic rings. The molecule has 2 rings (SSSR count). The Labute approximate surface area is 182 Å². The van der Waals surface area contributed by atoms with Gasteiger partial charge in [-0.15, -0.1) is 0 Å². The molecule has 2 aromatic rings. The van der Waals surface area contributed by atoms with Crippen molar-refractivity contribution < 1.29 is 19.4 Å². The van der Waals surface area contributed by atoms with Crippen LogP contribution in [0.3, 0.4) is 0 Å². The molecule has 2 amide bonds. The van der Waals surface area contributed by atoms with Crippen molar-refractivity contribution in [1.29, 1.82) is 0 Å². The number of nitrogens with one attached hydrogen (secondary N) is 2. The summed E-state index contributed by atoms with van der Waals surface area (Å²) in [5.74, 6) is -1.80. The van der Waals surface area contributed by atoms with E-state index >= 15 is 0 Å². The fourth-order valence-corrected chi connectivity index (χ4v) is 2.87. The average molecular weight is 451 g/mol. The Morgan fingerprint density at radius 3 is 1.59 bits per heavy atom. The predicted octanol–water partition coefficient (Wildman–Crippen LogP) is -0.158. The van der Waals surface area contributed by atoms with Crippen molar-refractivity contribution in [3.63, 3.8) is 0 Å². The maximum Gasteiger partial charge on any atom is 0.382 e. The van der Waals surface area contributed by atoms with Crippen LogP contribution >= 0.6 is 0 Å². The number of aryl methyl sites for hydroxylation is 2. The van der Waals surface area contributed by atoms with Crippen molar-refractivity contribution in [3.05, 3.63) is 44.3 Å². The molecule has 0 spiro atoms. The Kier molecular flexibility index (Phi) is 8.34. The number of hydrogen-bond acceptors (Lipinski definition) is 9. The first-order chi connectivity index (χ1) is 15.1. The average Bonchev–Trinajstić information content (AvgIpc) is 3.31. The highest BCUT2D eigenvalue weighted by Gasteiger charge is 2.23. The molecule has 0 saturated carbocycles. The Morgan fingerprint density at radius 2 is 1.28 bits per heavy atom. The first kappa shape index (κ1) is 24.4. The van der Waals surface area contributed by atoms with Crippen molar-refractivity contribution in [2.75, 3.05) is 33.2 Å². The second-order valence-electron chi connectivity index (χ2n) is 7.10. The molecule has 32 heavy (non-hydrogen) atoms. The predicted molar refractivity (Wildman–Crippen MR) is 111 cm³/mol. The highest BCUT2D eigenvalue weighted by atomic mass is 16.6. The quantitative estimate of drug-likeness (QED) is 0.251. The normalized spacial score (nSPS) is 10.9. The van der Waals surface area contributed by atoms with Gasteiger partial charge in [0.1, 0.15) is 12.4 Å².